The highest BCUT2D eigenvalue weighted by Crippen LogP contribution is 2.45. The molecule has 8 nitrogen and oxygen atoms in total. The quantitative estimate of drug-likeness (QED) is 0.186. The molecule has 0 amide bonds. The number of nitro groups is 1. The minimum atomic E-state index is -0.545. The van der Waals surface area contributed by atoms with Gasteiger partial charge in [0.1, 0.15) is 23.2 Å². The third-order valence-electron chi connectivity index (χ3n) is 5.84. The van der Waals surface area contributed by atoms with Crippen LogP contribution in [0.2, 0.25) is 0 Å². The van der Waals surface area contributed by atoms with Crippen LogP contribution in [0.25, 0.3) is 5.57 Å². The zero-order chi connectivity index (χ0) is 24.2. The highest BCUT2D eigenvalue weighted by Gasteiger charge is 2.32. The third kappa shape index (κ3) is 5.03. The number of non-ortho nitro benzene ring substituents is 1. The van der Waals surface area contributed by atoms with Crippen LogP contribution in [0.3, 0.4) is 0 Å². The Balaban J connectivity index is 2.03. The van der Waals surface area contributed by atoms with E-state index >= 15 is 0 Å². The number of benzene rings is 2. The molecule has 0 unspecified atom stereocenters. The topological polar surface area (TPSA) is 104 Å². The van der Waals surface area contributed by atoms with Crippen LogP contribution in [-0.4, -0.2) is 24.1 Å². The summed E-state index contributed by atoms with van der Waals surface area (Å²) in [6.45, 7) is 9.65. The molecule has 0 radical (unpaired) electrons. The van der Waals surface area contributed by atoms with E-state index in [4.69, 9.17) is 4.74 Å². The van der Waals surface area contributed by atoms with Gasteiger partial charge in [-0.2, -0.15) is 5.26 Å². The van der Waals surface area contributed by atoms with Crippen LogP contribution in [0, 0.1) is 21.4 Å². The molecule has 0 bridgehead atoms. The molecule has 0 saturated heterocycles. The number of azo groups is 1. The molecule has 172 valence electrons. The van der Waals surface area contributed by atoms with E-state index in [-0.39, 0.29) is 22.5 Å². The van der Waals surface area contributed by atoms with E-state index < -0.39 is 4.92 Å². The molecule has 0 spiro atoms. The first-order valence-electron chi connectivity index (χ1n) is 11.0. The van der Waals surface area contributed by atoms with Crippen molar-refractivity contribution in [3.05, 3.63) is 57.6 Å². The highest BCUT2D eigenvalue weighted by molar-refractivity contribution is 5.85. The highest BCUT2D eigenvalue weighted by atomic mass is 16.6. The van der Waals surface area contributed by atoms with Gasteiger partial charge in [-0.25, -0.2) is 0 Å². The Morgan fingerprint density at radius 2 is 1.91 bits per heavy atom. The number of rotatable bonds is 8. The molecule has 0 N–H and O–H groups in total. The Morgan fingerprint density at radius 1 is 1.18 bits per heavy atom. The second-order valence-corrected chi connectivity index (χ2v) is 8.65. The molecular weight excluding hydrogens is 418 g/mol. The lowest BCUT2D eigenvalue weighted by atomic mass is 9.88. The number of nitriles is 1. The summed E-state index contributed by atoms with van der Waals surface area (Å²) in [6.07, 6.45) is 5.70. The van der Waals surface area contributed by atoms with E-state index in [0.717, 1.165) is 36.2 Å². The zero-order valence-corrected chi connectivity index (χ0v) is 19.8. The summed E-state index contributed by atoms with van der Waals surface area (Å²) in [4.78, 5) is 12.8. The molecule has 0 saturated carbocycles. The first kappa shape index (κ1) is 23.9. The smallest absolute Gasteiger partial charge is 0.270 e. The molecule has 8 heteroatoms. The Kier molecular flexibility index (Phi) is 7.12. The molecule has 2 aromatic carbocycles. The number of anilines is 1. The maximum atomic E-state index is 11.0. The molecule has 0 aliphatic carbocycles. The van der Waals surface area contributed by atoms with Crippen LogP contribution >= 0.6 is 0 Å². The first-order valence-corrected chi connectivity index (χ1v) is 11.0. The minimum absolute atomic E-state index is 0.0878. The normalized spacial score (nSPS) is 14.5. The lowest BCUT2D eigenvalue weighted by Gasteiger charge is -2.43. The molecule has 1 aliphatic heterocycles. The summed E-state index contributed by atoms with van der Waals surface area (Å²) in [6, 6.07) is 9.82. The fourth-order valence-electron chi connectivity index (χ4n) is 4.19. The number of fused-ring (bicyclic) bond motifs is 1. The van der Waals surface area contributed by atoms with Crippen LogP contribution in [0.15, 0.2) is 46.6 Å². The van der Waals surface area contributed by atoms with E-state index in [0.29, 0.717) is 11.4 Å². The van der Waals surface area contributed by atoms with Gasteiger partial charge < -0.3 is 9.64 Å². The number of methoxy groups -OCH3 is 1. The fourth-order valence-corrected chi connectivity index (χ4v) is 4.19. The molecule has 33 heavy (non-hydrogen) atoms. The maximum absolute atomic E-state index is 11.0. The average Bonchev–Trinajstić information content (AvgIpc) is 2.78. The minimum Gasteiger partial charge on any atom is -0.494 e. The van der Waals surface area contributed by atoms with Crippen molar-refractivity contribution in [3.8, 4) is 11.8 Å². The average molecular weight is 448 g/mol. The Hall–Kier alpha value is -3.73. The number of ether oxygens (including phenoxy) is 1. The van der Waals surface area contributed by atoms with Gasteiger partial charge in [-0.1, -0.05) is 25.8 Å². The molecular formula is C25H29N5O3. The summed E-state index contributed by atoms with van der Waals surface area (Å²) < 4.78 is 5.63. The number of nitrogens with zero attached hydrogens (tertiary/aromatic N) is 5. The lowest BCUT2D eigenvalue weighted by molar-refractivity contribution is -0.384. The van der Waals surface area contributed by atoms with Crippen molar-refractivity contribution in [1.82, 2.24) is 0 Å². The molecule has 0 aromatic heterocycles. The summed E-state index contributed by atoms with van der Waals surface area (Å²) >= 11 is 0. The van der Waals surface area contributed by atoms with Crippen molar-refractivity contribution < 1.29 is 9.66 Å². The van der Waals surface area contributed by atoms with Gasteiger partial charge in [-0.05, 0) is 44.9 Å². The molecule has 1 aliphatic rings. The number of unbranched alkanes of at least 4 members (excludes halogenated alkanes) is 2. The summed E-state index contributed by atoms with van der Waals surface area (Å²) in [5.41, 5.74) is 3.89. The summed E-state index contributed by atoms with van der Waals surface area (Å²) in [7, 11) is 1.59. The van der Waals surface area contributed by atoms with Crippen molar-refractivity contribution in [1.29, 1.82) is 5.26 Å². The van der Waals surface area contributed by atoms with Gasteiger partial charge in [-0.3, -0.25) is 10.1 Å². The zero-order valence-electron chi connectivity index (χ0n) is 19.8. The van der Waals surface area contributed by atoms with Crippen LogP contribution in [0.1, 0.15) is 58.1 Å². The van der Waals surface area contributed by atoms with Gasteiger partial charge in [0, 0.05) is 36.0 Å². The Morgan fingerprint density at radius 3 is 2.55 bits per heavy atom. The van der Waals surface area contributed by atoms with Gasteiger partial charge >= 0.3 is 0 Å². The Labute approximate surface area is 194 Å². The van der Waals surface area contributed by atoms with Crippen LogP contribution in [0.4, 0.5) is 22.7 Å². The van der Waals surface area contributed by atoms with Gasteiger partial charge in [0.2, 0.25) is 0 Å². The monoisotopic (exact) mass is 447 g/mol. The molecule has 2 aromatic rings. The lowest BCUT2D eigenvalue weighted by Crippen LogP contribution is -2.45. The van der Waals surface area contributed by atoms with Gasteiger partial charge in [0.25, 0.3) is 5.69 Å². The fraction of sp³-hybridized carbons (Fsp3) is 0.400. The van der Waals surface area contributed by atoms with Crippen molar-refractivity contribution in [2.75, 3.05) is 18.6 Å². The molecule has 0 fully saturated rings. The number of allylic oxidation sites excluding steroid dienone is 1. The van der Waals surface area contributed by atoms with Crippen LogP contribution in [-0.2, 0) is 0 Å². The van der Waals surface area contributed by atoms with Crippen LogP contribution in [0.5, 0.6) is 5.75 Å². The SMILES string of the molecule is CCCCCN1c2cc(OC)c(N=Nc3ccc([N+](=O)[O-])cc3C#N)cc2C(C)=CC1(C)C. The van der Waals surface area contributed by atoms with Gasteiger partial charge in [-0.15, -0.1) is 10.2 Å². The van der Waals surface area contributed by atoms with Gasteiger partial charge in [0.15, 0.2) is 0 Å². The van der Waals surface area contributed by atoms with Crippen molar-refractivity contribution in [2.45, 2.75) is 52.5 Å². The van der Waals surface area contributed by atoms with Crippen LogP contribution < -0.4 is 9.64 Å². The van der Waals surface area contributed by atoms with Gasteiger partial charge in [0.05, 0.1) is 23.1 Å². The maximum Gasteiger partial charge on any atom is 0.270 e. The van der Waals surface area contributed by atoms with E-state index in [1.54, 1.807) is 7.11 Å². The third-order valence-corrected chi connectivity index (χ3v) is 5.84. The standard InChI is InChI=1S/C25H29N5O3/c1-6-7-8-11-29-23-14-24(33-5)22(13-20(23)17(2)15-25(29,3)4)28-27-21-10-9-19(30(31)32)12-18(21)16-26/h9-10,12-15H,6-8,11H2,1-5H3. The first-order chi connectivity index (χ1) is 15.7. The van der Waals surface area contributed by atoms with E-state index in [2.05, 4.69) is 48.9 Å². The predicted molar refractivity (Wildman–Crippen MR) is 130 cm³/mol. The van der Waals surface area contributed by atoms with E-state index in [1.165, 1.54) is 24.6 Å². The summed E-state index contributed by atoms with van der Waals surface area (Å²) in [5.74, 6) is 0.573. The number of nitro benzene ring substituents is 1. The second-order valence-electron chi connectivity index (χ2n) is 8.65. The summed E-state index contributed by atoms with van der Waals surface area (Å²) in [5, 5.41) is 28.9. The van der Waals surface area contributed by atoms with Crippen molar-refractivity contribution in [3.63, 3.8) is 0 Å². The molecule has 3 rings (SSSR count). The molecule has 1 heterocycles. The van der Waals surface area contributed by atoms with Crippen molar-refractivity contribution in [2.24, 2.45) is 10.2 Å². The second kappa shape index (κ2) is 9.82. The molecule has 0 atom stereocenters. The van der Waals surface area contributed by atoms with E-state index in [1.807, 2.05) is 18.2 Å². The van der Waals surface area contributed by atoms with E-state index in [9.17, 15) is 15.4 Å². The van der Waals surface area contributed by atoms with Crippen molar-refractivity contribution >= 4 is 28.3 Å². The Bertz CT molecular complexity index is 1160. The predicted octanol–water partition coefficient (Wildman–Crippen LogP) is 7.08. The number of hydrogen-bond acceptors (Lipinski definition) is 7. The number of hydrogen-bond donors (Lipinski definition) is 0. The largest absolute Gasteiger partial charge is 0.494 e.